The summed E-state index contributed by atoms with van der Waals surface area (Å²) in [7, 11) is 0. The van der Waals surface area contributed by atoms with Crippen LogP contribution in [0.25, 0.3) is 0 Å². The van der Waals surface area contributed by atoms with Gasteiger partial charge in [0.2, 0.25) is 5.91 Å². The number of hydrogen-bond donors (Lipinski definition) is 2. The van der Waals surface area contributed by atoms with Crippen LogP contribution in [0.4, 0.5) is 0 Å². The van der Waals surface area contributed by atoms with Crippen molar-refractivity contribution in [2.24, 2.45) is 0 Å². The molecular formula is C10H14N4O4. The Morgan fingerprint density at radius 3 is 2.78 bits per heavy atom. The van der Waals surface area contributed by atoms with E-state index in [4.69, 9.17) is 5.11 Å². The molecule has 1 saturated heterocycles. The quantitative estimate of drug-likeness (QED) is 0.713. The molecule has 1 amide bonds. The van der Waals surface area contributed by atoms with E-state index in [2.05, 4.69) is 10.3 Å². The fourth-order valence-electron chi connectivity index (χ4n) is 1.87. The molecule has 1 aliphatic rings. The third-order valence-corrected chi connectivity index (χ3v) is 2.86. The highest BCUT2D eigenvalue weighted by molar-refractivity contribution is 5.84. The molecular weight excluding hydrogens is 240 g/mol. The van der Waals surface area contributed by atoms with Gasteiger partial charge in [0.05, 0.1) is 11.8 Å². The van der Waals surface area contributed by atoms with E-state index < -0.39 is 11.6 Å². The lowest BCUT2D eigenvalue weighted by atomic mass is 10.1. The normalized spacial score (nSPS) is 23.3. The highest BCUT2D eigenvalue weighted by atomic mass is 16.4. The fourth-order valence-corrected chi connectivity index (χ4v) is 1.87. The zero-order chi connectivity index (χ0) is 13.3. The van der Waals surface area contributed by atoms with E-state index in [1.807, 2.05) is 0 Å². The van der Waals surface area contributed by atoms with Gasteiger partial charge in [0.15, 0.2) is 5.69 Å². The average Bonchev–Trinajstić information content (AvgIpc) is 2.84. The Labute approximate surface area is 103 Å². The number of carbonyl (C=O) groups excluding carboxylic acids is 1. The summed E-state index contributed by atoms with van der Waals surface area (Å²) < 4.78 is 1.18. The van der Waals surface area contributed by atoms with Gasteiger partial charge in [0, 0.05) is 13.1 Å². The van der Waals surface area contributed by atoms with Crippen molar-refractivity contribution >= 4 is 11.9 Å². The molecule has 2 heterocycles. The lowest BCUT2D eigenvalue weighted by Gasteiger charge is -2.18. The molecule has 0 bridgehead atoms. The number of aromatic carboxylic acids is 1. The van der Waals surface area contributed by atoms with Crippen LogP contribution in [0, 0.1) is 0 Å². The number of nitrogens with zero attached hydrogens (tertiary/aromatic N) is 4. The molecule has 1 aromatic heterocycles. The van der Waals surface area contributed by atoms with E-state index in [1.54, 1.807) is 6.92 Å². The first kappa shape index (κ1) is 12.5. The number of aliphatic hydroxyl groups is 1. The summed E-state index contributed by atoms with van der Waals surface area (Å²) in [5.41, 5.74) is -1.04. The van der Waals surface area contributed by atoms with Gasteiger partial charge in [-0.25, -0.2) is 9.48 Å². The van der Waals surface area contributed by atoms with E-state index in [0.717, 1.165) is 0 Å². The lowest BCUT2D eigenvalue weighted by molar-refractivity contribution is -0.131. The summed E-state index contributed by atoms with van der Waals surface area (Å²) in [4.78, 5) is 24.0. The standard InChI is InChI=1S/C10H14N4O4/c1-10(18)2-3-13(6-10)8(15)5-14-4-7(9(16)17)11-12-14/h4,18H,2-3,5-6H2,1H3,(H,16,17). The Morgan fingerprint density at radius 1 is 1.56 bits per heavy atom. The number of β-amino-alcohol motifs (C(OH)–C–C–N with tert-alkyl or cyclic N) is 1. The molecule has 1 aromatic rings. The van der Waals surface area contributed by atoms with Crippen LogP contribution in [-0.4, -0.2) is 60.7 Å². The molecule has 8 nitrogen and oxygen atoms in total. The van der Waals surface area contributed by atoms with E-state index in [-0.39, 0.29) is 24.7 Å². The molecule has 2 rings (SSSR count). The monoisotopic (exact) mass is 254 g/mol. The van der Waals surface area contributed by atoms with Gasteiger partial charge >= 0.3 is 5.97 Å². The highest BCUT2D eigenvalue weighted by Crippen LogP contribution is 2.20. The van der Waals surface area contributed by atoms with Crippen LogP contribution in [0.5, 0.6) is 0 Å². The van der Waals surface area contributed by atoms with E-state index in [1.165, 1.54) is 15.8 Å². The van der Waals surface area contributed by atoms with Gasteiger partial charge in [-0.05, 0) is 13.3 Å². The van der Waals surface area contributed by atoms with Crippen LogP contribution in [0.2, 0.25) is 0 Å². The minimum Gasteiger partial charge on any atom is -0.476 e. The first-order valence-corrected chi connectivity index (χ1v) is 5.51. The zero-order valence-electron chi connectivity index (χ0n) is 9.91. The molecule has 1 fully saturated rings. The summed E-state index contributed by atoms with van der Waals surface area (Å²) in [6.07, 6.45) is 1.74. The minimum atomic E-state index is -1.18. The molecule has 0 aromatic carbocycles. The predicted molar refractivity (Wildman–Crippen MR) is 58.8 cm³/mol. The van der Waals surface area contributed by atoms with E-state index in [0.29, 0.717) is 13.0 Å². The van der Waals surface area contributed by atoms with E-state index >= 15 is 0 Å². The van der Waals surface area contributed by atoms with Crippen LogP contribution >= 0.6 is 0 Å². The second-order valence-electron chi connectivity index (χ2n) is 4.67. The fraction of sp³-hybridized carbons (Fsp3) is 0.600. The lowest BCUT2D eigenvalue weighted by Crippen LogP contribution is -2.35. The minimum absolute atomic E-state index is 0.0731. The third kappa shape index (κ3) is 2.65. The second-order valence-corrected chi connectivity index (χ2v) is 4.67. The van der Waals surface area contributed by atoms with Gasteiger partial charge in [-0.3, -0.25) is 4.79 Å². The maximum atomic E-state index is 11.9. The number of amides is 1. The van der Waals surface area contributed by atoms with E-state index in [9.17, 15) is 14.7 Å². The van der Waals surface area contributed by atoms with Gasteiger partial charge in [-0.1, -0.05) is 5.21 Å². The van der Waals surface area contributed by atoms with Gasteiger partial charge < -0.3 is 15.1 Å². The molecule has 0 aliphatic carbocycles. The van der Waals surface area contributed by atoms with Crippen molar-refractivity contribution in [3.05, 3.63) is 11.9 Å². The number of likely N-dealkylation sites (tertiary alicyclic amines) is 1. The van der Waals surface area contributed by atoms with Gasteiger partial charge in [0.25, 0.3) is 0 Å². The van der Waals surface area contributed by atoms with Crippen LogP contribution in [0.1, 0.15) is 23.8 Å². The second kappa shape index (κ2) is 4.37. The molecule has 0 saturated carbocycles. The number of aromatic nitrogens is 3. The Hall–Kier alpha value is -1.96. The molecule has 1 unspecified atom stereocenters. The van der Waals surface area contributed by atoms with Gasteiger partial charge in [0.1, 0.15) is 6.54 Å². The molecule has 8 heteroatoms. The summed E-state index contributed by atoms with van der Waals surface area (Å²) in [6, 6.07) is 0. The first-order valence-electron chi connectivity index (χ1n) is 5.51. The van der Waals surface area contributed by atoms with Crippen molar-refractivity contribution in [2.75, 3.05) is 13.1 Å². The number of carbonyl (C=O) groups is 2. The van der Waals surface area contributed by atoms with Crippen LogP contribution in [0.3, 0.4) is 0 Å². The van der Waals surface area contributed by atoms with Crippen molar-refractivity contribution < 1.29 is 19.8 Å². The molecule has 0 radical (unpaired) electrons. The Morgan fingerprint density at radius 2 is 2.28 bits per heavy atom. The summed E-state index contributed by atoms with van der Waals surface area (Å²) in [5, 5.41) is 25.4. The van der Waals surface area contributed by atoms with Gasteiger partial charge in [-0.15, -0.1) is 5.10 Å². The number of carboxylic acids is 1. The van der Waals surface area contributed by atoms with Crippen LogP contribution < -0.4 is 0 Å². The summed E-state index contributed by atoms with van der Waals surface area (Å²) in [6.45, 7) is 2.38. The summed E-state index contributed by atoms with van der Waals surface area (Å²) in [5.74, 6) is -1.40. The smallest absolute Gasteiger partial charge is 0.358 e. The van der Waals surface area contributed by atoms with Crippen molar-refractivity contribution in [1.29, 1.82) is 0 Å². The van der Waals surface area contributed by atoms with Crippen LogP contribution in [0.15, 0.2) is 6.20 Å². The van der Waals surface area contributed by atoms with Crippen molar-refractivity contribution in [1.82, 2.24) is 19.9 Å². The largest absolute Gasteiger partial charge is 0.476 e. The Balaban J connectivity index is 1.97. The topological polar surface area (TPSA) is 109 Å². The molecule has 2 N–H and O–H groups in total. The Bertz CT molecular complexity index is 482. The number of carboxylic acid groups (broad SMARTS) is 1. The number of hydrogen-bond acceptors (Lipinski definition) is 5. The van der Waals surface area contributed by atoms with Gasteiger partial charge in [-0.2, -0.15) is 0 Å². The third-order valence-electron chi connectivity index (χ3n) is 2.86. The Kier molecular flexibility index (Phi) is 3.04. The average molecular weight is 254 g/mol. The van der Waals surface area contributed by atoms with Crippen LogP contribution in [-0.2, 0) is 11.3 Å². The maximum Gasteiger partial charge on any atom is 0.358 e. The molecule has 1 aliphatic heterocycles. The molecule has 18 heavy (non-hydrogen) atoms. The van der Waals surface area contributed by atoms with Crippen molar-refractivity contribution in [3.8, 4) is 0 Å². The summed E-state index contributed by atoms with van der Waals surface area (Å²) >= 11 is 0. The predicted octanol–water partition coefficient (Wildman–Crippen LogP) is -1.04. The molecule has 1 atom stereocenters. The first-order chi connectivity index (χ1) is 8.37. The zero-order valence-corrected chi connectivity index (χ0v) is 9.91. The molecule has 0 spiro atoms. The number of rotatable bonds is 3. The SMILES string of the molecule is CC1(O)CCN(C(=O)Cn2cc(C(=O)O)nn2)C1. The van der Waals surface area contributed by atoms with Crippen molar-refractivity contribution in [3.63, 3.8) is 0 Å². The van der Waals surface area contributed by atoms with Crippen molar-refractivity contribution in [2.45, 2.75) is 25.5 Å². The maximum absolute atomic E-state index is 11.9. The molecule has 98 valence electrons. The highest BCUT2D eigenvalue weighted by Gasteiger charge is 2.33.